The first kappa shape index (κ1) is 15.0. The first-order chi connectivity index (χ1) is 11.5. The Kier molecular flexibility index (Phi) is 3.46. The molecule has 0 saturated heterocycles. The van der Waals surface area contributed by atoms with E-state index in [0.717, 1.165) is 16.4 Å². The Balaban J connectivity index is 1.85. The summed E-state index contributed by atoms with van der Waals surface area (Å²) in [5.74, 6) is 0.640. The maximum absolute atomic E-state index is 12.3. The summed E-state index contributed by atoms with van der Waals surface area (Å²) in [4.78, 5) is 20.2. The summed E-state index contributed by atoms with van der Waals surface area (Å²) in [5.41, 5.74) is 4.85. The van der Waals surface area contributed by atoms with Gasteiger partial charge >= 0.3 is 5.63 Å². The number of nitrogens with zero attached hydrogens (tertiary/aromatic N) is 1. The normalized spacial score (nSPS) is 12.8. The van der Waals surface area contributed by atoms with Crippen LogP contribution in [0.15, 0.2) is 51.7 Å². The summed E-state index contributed by atoms with van der Waals surface area (Å²) in [5, 5.41) is 0.396. The lowest BCUT2D eigenvalue weighted by Crippen LogP contribution is -2.11. The zero-order valence-electron chi connectivity index (χ0n) is 13.3. The minimum absolute atomic E-state index is 0.387. The fraction of sp³-hybridized carbons (Fsp3) is 0.158. The molecule has 0 aliphatic heterocycles. The van der Waals surface area contributed by atoms with Crippen LogP contribution < -0.4 is 5.63 Å². The average Bonchev–Trinajstić information content (AvgIpc) is 2.96. The van der Waals surface area contributed by atoms with Crippen molar-refractivity contribution in [3.8, 4) is 0 Å². The van der Waals surface area contributed by atoms with Gasteiger partial charge in [-0.3, -0.25) is 0 Å². The van der Waals surface area contributed by atoms with Gasteiger partial charge in [0, 0.05) is 5.39 Å². The van der Waals surface area contributed by atoms with Gasteiger partial charge in [0.15, 0.2) is 0 Å². The highest BCUT2D eigenvalue weighted by Crippen LogP contribution is 2.28. The third-order valence-corrected chi connectivity index (χ3v) is 4.86. The fourth-order valence-corrected chi connectivity index (χ4v) is 3.14. The van der Waals surface area contributed by atoms with Crippen molar-refractivity contribution in [1.82, 2.24) is 9.97 Å². The number of fused-ring (bicyclic) bond motifs is 2. The molecule has 4 nitrogen and oxygen atoms in total. The maximum atomic E-state index is 12.3. The number of benzene rings is 2. The number of H-pyrrole nitrogens is 1. The summed E-state index contributed by atoms with van der Waals surface area (Å²) in [6.45, 7) is 4.12. The molecule has 1 N–H and O–H groups in total. The summed E-state index contributed by atoms with van der Waals surface area (Å²) in [6.07, 6.45) is 0. The van der Waals surface area contributed by atoms with E-state index in [0.29, 0.717) is 17.0 Å². The predicted molar refractivity (Wildman–Crippen MR) is 98.9 cm³/mol. The van der Waals surface area contributed by atoms with E-state index in [4.69, 9.17) is 4.42 Å². The number of para-hydroxylation sites is 1. The number of thiol groups is 1. The molecule has 0 aliphatic carbocycles. The van der Waals surface area contributed by atoms with Crippen LogP contribution in [0, 0.1) is 13.8 Å². The molecule has 4 rings (SSSR count). The summed E-state index contributed by atoms with van der Waals surface area (Å²) < 4.78 is 5.40. The molecule has 5 heteroatoms. The third kappa shape index (κ3) is 2.41. The third-order valence-electron chi connectivity index (χ3n) is 4.34. The van der Waals surface area contributed by atoms with Crippen molar-refractivity contribution in [2.24, 2.45) is 0 Å². The molecular formula is C19H16N2O2S. The molecule has 0 amide bonds. The number of hydrogen-bond acceptors (Lipinski definition) is 4. The van der Waals surface area contributed by atoms with Gasteiger partial charge in [0.2, 0.25) is 0 Å². The number of aromatic nitrogens is 2. The first-order valence-electron chi connectivity index (χ1n) is 7.70. The van der Waals surface area contributed by atoms with Crippen LogP contribution in [0.3, 0.4) is 0 Å². The van der Waals surface area contributed by atoms with Crippen LogP contribution in [0.25, 0.3) is 22.0 Å². The number of aromatic amines is 1. The lowest BCUT2D eigenvalue weighted by molar-refractivity contribution is 0.551. The fourth-order valence-electron chi connectivity index (χ4n) is 2.83. The van der Waals surface area contributed by atoms with Crippen LogP contribution in [-0.4, -0.2) is 9.97 Å². The van der Waals surface area contributed by atoms with E-state index in [-0.39, 0.29) is 5.63 Å². The summed E-state index contributed by atoms with van der Waals surface area (Å²) in [7, 11) is 0. The van der Waals surface area contributed by atoms with Gasteiger partial charge in [0.1, 0.15) is 11.4 Å². The molecule has 0 aliphatic rings. The minimum Gasteiger partial charge on any atom is -0.422 e. The molecule has 1 atom stereocenters. The Morgan fingerprint density at radius 1 is 1.12 bits per heavy atom. The van der Waals surface area contributed by atoms with Gasteiger partial charge in [-0.25, -0.2) is 9.78 Å². The van der Waals surface area contributed by atoms with Gasteiger partial charge in [-0.15, -0.1) is 0 Å². The Hall–Kier alpha value is -2.53. The second kappa shape index (κ2) is 5.53. The van der Waals surface area contributed by atoms with E-state index in [2.05, 4.69) is 42.5 Å². The lowest BCUT2D eigenvalue weighted by atomic mass is 10.1. The van der Waals surface area contributed by atoms with Crippen molar-refractivity contribution >= 4 is 34.6 Å². The first-order valence-corrected chi connectivity index (χ1v) is 8.22. The number of hydrogen-bond donors (Lipinski definition) is 2. The topological polar surface area (TPSA) is 58.9 Å². The van der Waals surface area contributed by atoms with Crippen LogP contribution in [-0.2, 0) is 0 Å². The lowest BCUT2D eigenvalue weighted by Gasteiger charge is -2.07. The molecule has 2 aromatic carbocycles. The highest BCUT2D eigenvalue weighted by atomic mass is 32.1. The SMILES string of the molecule is Cc1cc2nc(C(S)c3cc4ccccc4oc3=O)[nH]c2cc1C. The van der Waals surface area contributed by atoms with Crippen molar-refractivity contribution < 1.29 is 4.42 Å². The molecule has 0 saturated carbocycles. The van der Waals surface area contributed by atoms with Gasteiger partial charge in [-0.1, -0.05) is 18.2 Å². The molecule has 4 aromatic rings. The molecule has 0 bridgehead atoms. The second-order valence-corrected chi connectivity index (χ2v) is 6.52. The standard InChI is InChI=1S/C19H16N2O2S/c1-10-7-14-15(8-11(10)2)21-18(20-14)17(24)13-9-12-5-3-4-6-16(12)23-19(13)22/h3-9,17,24H,1-2H3,(H,20,21). The predicted octanol–water partition coefficient (Wildman–Crippen LogP) is 4.31. The quantitative estimate of drug-likeness (QED) is 0.424. The van der Waals surface area contributed by atoms with Crippen molar-refractivity contribution in [3.05, 3.63) is 75.4 Å². The molecule has 0 radical (unpaired) electrons. The molecular weight excluding hydrogens is 320 g/mol. The van der Waals surface area contributed by atoms with Crippen molar-refractivity contribution in [1.29, 1.82) is 0 Å². The largest absolute Gasteiger partial charge is 0.422 e. The number of imidazole rings is 1. The molecule has 2 heterocycles. The molecule has 1 unspecified atom stereocenters. The van der Waals surface area contributed by atoms with Gasteiger partial charge in [0.25, 0.3) is 0 Å². The number of nitrogens with one attached hydrogen (secondary N) is 1. The minimum atomic E-state index is -0.473. The summed E-state index contributed by atoms with van der Waals surface area (Å²) >= 11 is 4.61. The second-order valence-electron chi connectivity index (χ2n) is 6.01. The Labute approximate surface area is 143 Å². The Morgan fingerprint density at radius 3 is 2.71 bits per heavy atom. The highest BCUT2D eigenvalue weighted by Gasteiger charge is 2.19. The average molecular weight is 336 g/mol. The highest BCUT2D eigenvalue weighted by molar-refractivity contribution is 7.80. The Bertz CT molecular complexity index is 1090. The van der Waals surface area contributed by atoms with Crippen LogP contribution in [0.1, 0.15) is 27.8 Å². The van der Waals surface area contributed by atoms with E-state index in [9.17, 15) is 4.79 Å². The van der Waals surface area contributed by atoms with E-state index in [1.54, 1.807) is 6.07 Å². The molecule has 0 fully saturated rings. The number of rotatable bonds is 2. The Morgan fingerprint density at radius 2 is 1.88 bits per heavy atom. The van der Waals surface area contributed by atoms with Crippen molar-refractivity contribution in [2.45, 2.75) is 19.1 Å². The van der Waals surface area contributed by atoms with Crippen LogP contribution in [0.5, 0.6) is 0 Å². The van der Waals surface area contributed by atoms with Crippen LogP contribution >= 0.6 is 12.6 Å². The van der Waals surface area contributed by atoms with E-state index < -0.39 is 5.25 Å². The van der Waals surface area contributed by atoms with E-state index >= 15 is 0 Å². The molecule has 120 valence electrons. The van der Waals surface area contributed by atoms with Crippen molar-refractivity contribution in [2.75, 3.05) is 0 Å². The zero-order chi connectivity index (χ0) is 16.8. The van der Waals surface area contributed by atoms with E-state index in [1.165, 1.54) is 11.1 Å². The van der Waals surface area contributed by atoms with Gasteiger partial charge in [-0.2, -0.15) is 12.6 Å². The van der Waals surface area contributed by atoms with E-state index in [1.807, 2.05) is 30.3 Å². The maximum Gasteiger partial charge on any atom is 0.341 e. The summed E-state index contributed by atoms with van der Waals surface area (Å²) in [6, 6.07) is 13.4. The number of aryl methyl sites for hydroxylation is 2. The zero-order valence-corrected chi connectivity index (χ0v) is 14.2. The van der Waals surface area contributed by atoms with Crippen LogP contribution in [0.4, 0.5) is 0 Å². The smallest absolute Gasteiger partial charge is 0.341 e. The van der Waals surface area contributed by atoms with Crippen molar-refractivity contribution in [3.63, 3.8) is 0 Å². The van der Waals surface area contributed by atoms with Gasteiger partial charge < -0.3 is 9.40 Å². The molecule has 2 aromatic heterocycles. The van der Waals surface area contributed by atoms with Gasteiger partial charge in [0.05, 0.1) is 21.8 Å². The monoisotopic (exact) mass is 336 g/mol. The molecule has 0 spiro atoms. The van der Waals surface area contributed by atoms with Crippen LogP contribution in [0.2, 0.25) is 0 Å². The molecule has 24 heavy (non-hydrogen) atoms. The van der Waals surface area contributed by atoms with Gasteiger partial charge in [-0.05, 0) is 49.2 Å².